The van der Waals surface area contributed by atoms with E-state index in [1.165, 1.54) is 36.4 Å². The molecule has 0 radical (unpaired) electrons. The second kappa shape index (κ2) is 5.40. The second-order valence-electron chi connectivity index (χ2n) is 5.03. The maximum absolute atomic E-state index is 12.4. The molecule has 2 aromatic carbocycles. The van der Waals surface area contributed by atoms with Crippen molar-refractivity contribution in [2.75, 3.05) is 10.2 Å². The van der Waals surface area contributed by atoms with Gasteiger partial charge in [0.25, 0.3) is 5.91 Å². The smallest absolute Gasteiger partial charge is 0.256 e. The van der Waals surface area contributed by atoms with E-state index in [1.54, 1.807) is 12.1 Å². The largest absolute Gasteiger partial charge is 0.508 e. The molecule has 3 rings (SSSR count). The number of aromatic hydroxyl groups is 2. The normalized spacial score (nSPS) is 17.8. The van der Waals surface area contributed by atoms with Gasteiger partial charge in [0.2, 0.25) is 5.91 Å². The first kappa shape index (κ1) is 13.9. The van der Waals surface area contributed by atoms with Gasteiger partial charge in [-0.05, 0) is 48.5 Å². The topological polar surface area (TPSA) is 89.9 Å². The summed E-state index contributed by atoms with van der Waals surface area (Å²) in [5.74, 6) is -0.442. The van der Waals surface area contributed by atoms with Crippen LogP contribution in [-0.2, 0) is 9.59 Å². The number of phenolic OH excluding ortho intramolecular Hbond substituents is 2. The van der Waals surface area contributed by atoms with E-state index in [0.29, 0.717) is 11.4 Å². The van der Waals surface area contributed by atoms with E-state index in [2.05, 4.69) is 5.32 Å². The maximum Gasteiger partial charge on any atom is 0.256 e. The summed E-state index contributed by atoms with van der Waals surface area (Å²) < 4.78 is 0. The van der Waals surface area contributed by atoms with E-state index in [0.717, 1.165) is 4.90 Å². The fourth-order valence-electron chi connectivity index (χ4n) is 2.38. The first-order valence-corrected chi connectivity index (χ1v) is 6.76. The van der Waals surface area contributed by atoms with Crippen LogP contribution in [0.2, 0.25) is 0 Å². The van der Waals surface area contributed by atoms with Crippen LogP contribution in [0.25, 0.3) is 0 Å². The Morgan fingerprint density at radius 1 is 0.909 bits per heavy atom. The van der Waals surface area contributed by atoms with E-state index in [1.807, 2.05) is 0 Å². The Hall–Kier alpha value is -3.02. The van der Waals surface area contributed by atoms with E-state index >= 15 is 0 Å². The lowest BCUT2D eigenvalue weighted by molar-refractivity contribution is -0.121. The maximum atomic E-state index is 12.4. The van der Waals surface area contributed by atoms with Gasteiger partial charge in [-0.3, -0.25) is 9.59 Å². The number of carbonyl (C=O) groups excluding carboxylic acids is 2. The molecule has 0 spiro atoms. The lowest BCUT2D eigenvalue weighted by Gasteiger charge is -2.16. The van der Waals surface area contributed by atoms with Gasteiger partial charge < -0.3 is 15.5 Å². The monoisotopic (exact) mass is 298 g/mol. The highest BCUT2D eigenvalue weighted by atomic mass is 16.3. The van der Waals surface area contributed by atoms with Crippen molar-refractivity contribution in [2.24, 2.45) is 0 Å². The van der Waals surface area contributed by atoms with Gasteiger partial charge >= 0.3 is 0 Å². The molecule has 1 heterocycles. The zero-order valence-corrected chi connectivity index (χ0v) is 11.6. The third-order valence-electron chi connectivity index (χ3n) is 3.46. The van der Waals surface area contributed by atoms with Crippen molar-refractivity contribution in [1.29, 1.82) is 0 Å². The van der Waals surface area contributed by atoms with E-state index < -0.39 is 6.04 Å². The molecule has 1 saturated heterocycles. The number of nitrogens with zero attached hydrogens (tertiary/aromatic N) is 1. The Morgan fingerprint density at radius 3 is 2.05 bits per heavy atom. The molecule has 2 aromatic rings. The average Bonchev–Trinajstić information content (AvgIpc) is 2.77. The highest BCUT2D eigenvalue weighted by molar-refractivity contribution is 6.23. The van der Waals surface area contributed by atoms with Crippen LogP contribution < -0.4 is 10.2 Å². The predicted molar refractivity (Wildman–Crippen MR) is 80.7 cm³/mol. The molecule has 1 aliphatic rings. The third-order valence-corrected chi connectivity index (χ3v) is 3.46. The molecule has 0 aliphatic carbocycles. The van der Waals surface area contributed by atoms with Gasteiger partial charge in [0, 0.05) is 5.69 Å². The Labute approximate surface area is 126 Å². The van der Waals surface area contributed by atoms with Crippen LogP contribution in [0.5, 0.6) is 11.5 Å². The summed E-state index contributed by atoms with van der Waals surface area (Å²) >= 11 is 0. The third kappa shape index (κ3) is 2.58. The minimum absolute atomic E-state index is 0.0561. The van der Waals surface area contributed by atoms with Crippen molar-refractivity contribution in [3.05, 3.63) is 48.5 Å². The Bertz CT molecular complexity index is 710. The number of nitrogens with one attached hydrogen (secondary N) is 1. The van der Waals surface area contributed by atoms with Crippen molar-refractivity contribution in [2.45, 2.75) is 12.5 Å². The number of rotatable bonds is 3. The van der Waals surface area contributed by atoms with Crippen molar-refractivity contribution in [3.8, 4) is 11.5 Å². The van der Waals surface area contributed by atoms with Gasteiger partial charge in [-0.15, -0.1) is 0 Å². The molecule has 1 atom stereocenters. The van der Waals surface area contributed by atoms with Crippen molar-refractivity contribution < 1.29 is 19.8 Å². The number of hydrogen-bond acceptors (Lipinski definition) is 5. The first-order chi connectivity index (χ1) is 10.5. The van der Waals surface area contributed by atoms with Crippen LogP contribution in [0.4, 0.5) is 11.4 Å². The zero-order chi connectivity index (χ0) is 15.7. The van der Waals surface area contributed by atoms with Crippen LogP contribution in [0.15, 0.2) is 48.5 Å². The molecule has 2 amide bonds. The van der Waals surface area contributed by atoms with Gasteiger partial charge in [-0.2, -0.15) is 0 Å². The molecular weight excluding hydrogens is 284 g/mol. The molecule has 22 heavy (non-hydrogen) atoms. The Morgan fingerprint density at radius 2 is 1.45 bits per heavy atom. The number of imide groups is 1. The minimum atomic E-state index is -0.647. The second-order valence-corrected chi connectivity index (χ2v) is 5.03. The van der Waals surface area contributed by atoms with E-state index in [-0.39, 0.29) is 29.7 Å². The minimum Gasteiger partial charge on any atom is -0.508 e. The standard InChI is InChI=1S/C16H14N2O4/c19-12-5-1-10(2-6-12)17-14-9-15(21)18(16(14)22)11-3-7-13(20)8-4-11/h1-8,14,17,19-20H,9H2/t14-/m0/s1. The predicted octanol–water partition coefficient (Wildman–Crippen LogP) is 1.84. The molecular formula is C16H14N2O4. The number of hydrogen-bond donors (Lipinski definition) is 3. The lowest BCUT2D eigenvalue weighted by atomic mass is 10.2. The molecule has 1 aliphatic heterocycles. The van der Waals surface area contributed by atoms with Gasteiger partial charge in [-0.25, -0.2) is 4.90 Å². The van der Waals surface area contributed by atoms with Crippen molar-refractivity contribution >= 4 is 23.2 Å². The van der Waals surface area contributed by atoms with Crippen LogP contribution >= 0.6 is 0 Å². The molecule has 6 heteroatoms. The molecule has 0 unspecified atom stereocenters. The van der Waals surface area contributed by atoms with Gasteiger partial charge in [0.1, 0.15) is 17.5 Å². The van der Waals surface area contributed by atoms with E-state index in [9.17, 15) is 19.8 Å². The summed E-state index contributed by atoms with van der Waals surface area (Å²) in [4.78, 5) is 25.6. The zero-order valence-electron chi connectivity index (χ0n) is 11.6. The SMILES string of the molecule is O=C1C[C@H](Nc2ccc(O)cc2)C(=O)N1c1ccc(O)cc1. The van der Waals surface area contributed by atoms with Crippen molar-refractivity contribution in [3.63, 3.8) is 0 Å². The van der Waals surface area contributed by atoms with E-state index in [4.69, 9.17) is 0 Å². The molecule has 6 nitrogen and oxygen atoms in total. The average molecular weight is 298 g/mol. The highest BCUT2D eigenvalue weighted by Gasteiger charge is 2.39. The summed E-state index contributed by atoms with van der Waals surface area (Å²) in [5, 5.41) is 21.5. The molecule has 0 bridgehead atoms. The summed E-state index contributed by atoms with van der Waals surface area (Å²) in [6, 6.07) is 11.5. The van der Waals surface area contributed by atoms with Crippen LogP contribution in [-0.4, -0.2) is 28.1 Å². The van der Waals surface area contributed by atoms with Crippen LogP contribution in [0.3, 0.4) is 0 Å². The number of amides is 2. The summed E-state index contributed by atoms with van der Waals surface area (Å²) in [7, 11) is 0. The van der Waals surface area contributed by atoms with Gasteiger partial charge in [-0.1, -0.05) is 0 Å². The summed E-state index contributed by atoms with van der Waals surface area (Å²) in [6.07, 6.45) is 0.0561. The molecule has 0 saturated carbocycles. The first-order valence-electron chi connectivity index (χ1n) is 6.76. The lowest BCUT2D eigenvalue weighted by Crippen LogP contribution is -2.34. The Kier molecular flexibility index (Phi) is 3.42. The molecule has 112 valence electrons. The van der Waals surface area contributed by atoms with Gasteiger partial charge in [0.15, 0.2) is 0 Å². The molecule has 0 aromatic heterocycles. The Balaban J connectivity index is 1.79. The number of anilines is 2. The highest BCUT2D eigenvalue weighted by Crippen LogP contribution is 2.26. The number of phenols is 2. The van der Waals surface area contributed by atoms with Gasteiger partial charge in [0.05, 0.1) is 12.1 Å². The molecule has 1 fully saturated rings. The molecule has 3 N–H and O–H groups in total. The fraction of sp³-hybridized carbons (Fsp3) is 0.125. The summed E-state index contributed by atoms with van der Waals surface area (Å²) in [5.41, 5.74) is 1.08. The van der Waals surface area contributed by atoms with Crippen LogP contribution in [0, 0.1) is 0 Å². The number of carbonyl (C=O) groups is 2. The van der Waals surface area contributed by atoms with Crippen LogP contribution in [0.1, 0.15) is 6.42 Å². The number of benzene rings is 2. The fourth-order valence-corrected chi connectivity index (χ4v) is 2.38. The van der Waals surface area contributed by atoms with Crippen molar-refractivity contribution in [1.82, 2.24) is 0 Å². The summed E-state index contributed by atoms with van der Waals surface area (Å²) in [6.45, 7) is 0. The quantitative estimate of drug-likeness (QED) is 0.594.